The fraction of sp³-hybridized carbons (Fsp3) is 0.667. The van der Waals surface area contributed by atoms with E-state index in [9.17, 15) is 9.59 Å². The molecule has 0 saturated heterocycles. The molecule has 0 fully saturated rings. The average Bonchev–Trinajstić information content (AvgIpc) is 2.19. The van der Waals surface area contributed by atoms with Crippen LogP contribution < -0.4 is 0 Å². The summed E-state index contributed by atoms with van der Waals surface area (Å²) in [7, 11) is 0. The summed E-state index contributed by atoms with van der Waals surface area (Å²) in [4.78, 5) is 22.5. The Hall–Kier alpha value is -1.12. The van der Waals surface area contributed by atoms with E-state index < -0.39 is 6.10 Å². The van der Waals surface area contributed by atoms with E-state index in [2.05, 4.69) is 6.08 Å². The maximum Gasteiger partial charge on any atom is 0.303 e. The first-order valence-corrected chi connectivity index (χ1v) is 5.55. The lowest BCUT2D eigenvalue weighted by Crippen LogP contribution is -2.26. The molecule has 0 radical (unpaired) electrons. The summed E-state index contributed by atoms with van der Waals surface area (Å²) in [6, 6.07) is 0. The lowest BCUT2D eigenvalue weighted by atomic mass is 10.0. The van der Waals surface area contributed by atoms with Crippen LogP contribution in [-0.4, -0.2) is 17.9 Å². The lowest BCUT2D eigenvalue weighted by molar-refractivity contribution is -0.153. The minimum Gasteiger partial charge on any atom is -0.455 e. The van der Waals surface area contributed by atoms with E-state index in [4.69, 9.17) is 4.74 Å². The molecule has 0 N–H and O–H groups in total. The summed E-state index contributed by atoms with van der Waals surface area (Å²) < 4.78 is 5.02. The molecular formula is C12H18O3. The predicted octanol–water partition coefficient (Wildman–Crippen LogP) is 2.40. The molecule has 0 amide bonds. The highest BCUT2D eigenvalue weighted by Gasteiger charge is 2.20. The number of esters is 1. The molecule has 0 aliphatic heterocycles. The minimum atomic E-state index is -0.506. The molecule has 1 aliphatic rings. The summed E-state index contributed by atoms with van der Waals surface area (Å²) in [5, 5.41) is 0. The Morgan fingerprint density at radius 2 is 2.07 bits per heavy atom. The van der Waals surface area contributed by atoms with Crippen molar-refractivity contribution in [2.75, 3.05) is 0 Å². The van der Waals surface area contributed by atoms with Gasteiger partial charge in [0.05, 0.1) is 0 Å². The Kier molecular flexibility index (Phi) is 5.08. The monoisotopic (exact) mass is 210 g/mol. The van der Waals surface area contributed by atoms with Crippen molar-refractivity contribution in [2.24, 2.45) is 0 Å². The van der Waals surface area contributed by atoms with Crippen LogP contribution in [0.25, 0.3) is 0 Å². The second kappa shape index (κ2) is 6.38. The summed E-state index contributed by atoms with van der Waals surface area (Å²) in [6.07, 6.45) is 8.62. The zero-order chi connectivity index (χ0) is 11.1. The van der Waals surface area contributed by atoms with Crippen LogP contribution in [0.1, 0.15) is 45.4 Å². The van der Waals surface area contributed by atoms with E-state index in [0.717, 1.165) is 25.7 Å². The second-order valence-electron chi connectivity index (χ2n) is 3.86. The quantitative estimate of drug-likeness (QED) is 0.493. The Morgan fingerprint density at radius 1 is 1.33 bits per heavy atom. The molecule has 1 atom stereocenters. The smallest absolute Gasteiger partial charge is 0.303 e. The third-order valence-electron chi connectivity index (χ3n) is 2.48. The van der Waals surface area contributed by atoms with Gasteiger partial charge >= 0.3 is 5.97 Å². The SMILES string of the molecule is CC(=O)O[C@@H]1CCCC/C=C\CCC1=O. The van der Waals surface area contributed by atoms with Crippen molar-refractivity contribution in [3.63, 3.8) is 0 Å². The van der Waals surface area contributed by atoms with Gasteiger partial charge in [-0.05, 0) is 32.1 Å². The van der Waals surface area contributed by atoms with Crippen LogP contribution in [0.2, 0.25) is 0 Å². The first-order chi connectivity index (χ1) is 7.20. The molecule has 3 nitrogen and oxygen atoms in total. The highest BCUT2D eigenvalue weighted by molar-refractivity contribution is 5.85. The van der Waals surface area contributed by atoms with Gasteiger partial charge in [0, 0.05) is 13.3 Å². The zero-order valence-electron chi connectivity index (χ0n) is 9.20. The number of carbonyl (C=O) groups excluding carboxylic acids is 2. The Morgan fingerprint density at radius 3 is 2.80 bits per heavy atom. The van der Waals surface area contributed by atoms with E-state index >= 15 is 0 Å². The highest BCUT2D eigenvalue weighted by atomic mass is 16.5. The Labute approximate surface area is 90.5 Å². The van der Waals surface area contributed by atoms with Gasteiger partial charge in [0.15, 0.2) is 11.9 Å². The molecular weight excluding hydrogens is 192 g/mol. The fourth-order valence-electron chi connectivity index (χ4n) is 1.70. The summed E-state index contributed by atoms with van der Waals surface area (Å²) in [6.45, 7) is 1.35. The molecule has 0 aromatic rings. The van der Waals surface area contributed by atoms with Crippen molar-refractivity contribution in [3.05, 3.63) is 12.2 Å². The van der Waals surface area contributed by atoms with Gasteiger partial charge in [0.2, 0.25) is 0 Å². The van der Waals surface area contributed by atoms with Crippen molar-refractivity contribution in [2.45, 2.75) is 51.6 Å². The van der Waals surface area contributed by atoms with Gasteiger partial charge in [-0.1, -0.05) is 12.2 Å². The normalized spacial score (nSPS) is 25.7. The first kappa shape index (κ1) is 12.0. The number of hydrogen-bond donors (Lipinski definition) is 0. The maximum absolute atomic E-state index is 11.7. The predicted molar refractivity (Wildman–Crippen MR) is 57.4 cm³/mol. The molecule has 3 heteroatoms. The molecule has 0 spiro atoms. The van der Waals surface area contributed by atoms with Gasteiger partial charge in [-0.2, -0.15) is 0 Å². The molecule has 15 heavy (non-hydrogen) atoms. The Balaban J connectivity index is 2.53. The van der Waals surface area contributed by atoms with Crippen LogP contribution in [0.5, 0.6) is 0 Å². The number of hydrogen-bond acceptors (Lipinski definition) is 3. The van der Waals surface area contributed by atoms with Gasteiger partial charge in [0.25, 0.3) is 0 Å². The van der Waals surface area contributed by atoms with Crippen LogP contribution in [-0.2, 0) is 14.3 Å². The molecule has 84 valence electrons. The molecule has 1 aliphatic carbocycles. The highest BCUT2D eigenvalue weighted by Crippen LogP contribution is 2.13. The number of rotatable bonds is 1. The number of ketones is 1. The molecule has 0 unspecified atom stereocenters. The number of carbonyl (C=O) groups is 2. The van der Waals surface area contributed by atoms with Crippen LogP contribution >= 0.6 is 0 Å². The average molecular weight is 210 g/mol. The molecule has 0 bridgehead atoms. The number of ether oxygens (including phenoxy) is 1. The molecule has 1 rings (SSSR count). The fourth-order valence-corrected chi connectivity index (χ4v) is 1.70. The van der Waals surface area contributed by atoms with E-state index in [-0.39, 0.29) is 11.8 Å². The topological polar surface area (TPSA) is 43.4 Å². The standard InChI is InChI=1S/C12H18O3/c1-10(13)15-12-9-7-5-3-2-4-6-8-11(12)14/h2,4,12H,3,5-9H2,1H3/b4-2-/t12-/m1/s1. The maximum atomic E-state index is 11.7. The summed E-state index contributed by atoms with van der Waals surface area (Å²) in [5.41, 5.74) is 0. The molecule has 0 heterocycles. The van der Waals surface area contributed by atoms with Crippen molar-refractivity contribution >= 4 is 11.8 Å². The first-order valence-electron chi connectivity index (χ1n) is 5.55. The van der Waals surface area contributed by atoms with Gasteiger partial charge in [0.1, 0.15) is 0 Å². The largest absolute Gasteiger partial charge is 0.455 e. The number of Topliss-reactive ketones (excluding diaryl/α,β-unsaturated/α-hetero) is 1. The lowest BCUT2D eigenvalue weighted by Gasteiger charge is -2.16. The van der Waals surface area contributed by atoms with Crippen LogP contribution in [0.4, 0.5) is 0 Å². The van der Waals surface area contributed by atoms with Gasteiger partial charge in [-0.25, -0.2) is 0 Å². The van der Waals surface area contributed by atoms with Gasteiger partial charge in [-0.15, -0.1) is 0 Å². The van der Waals surface area contributed by atoms with Gasteiger partial charge in [-0.3, -0.25) is 9.59 Å². The van der Waals surface area contributed by atoms with Crippen molar-refractivity contribution < 1.29 is 14.3 Å². The van der Waals surface area contributed by atoms with E-state index in [0.29, 0.717) is 12.8 Å². The van der Waals surface area contributed by atoms with Crippen molar-refractivity contribution in [1.29, 1.82) is 0 Å². The van der Waals surface area contributed by atoms with Crippen molar-refractivity contribution in [3.8, 4) is 0 Å². The molecule has 0 saturated carbocycles. The number of allylic oxidation sites excluding steroid dienone is 2. The third-order valence-corrected chi connectivity index (χ3v) is 2.48. The van der Waals surface area contributed by atoms with E-state index in [1.54, 1.807) is 0 Å². The summed E-state index contributed by atoms with van der Waals surface area (Å²) >= 11 is 0. The van der Waals surface area contributed by atoms with E-state index in [1.807, 2.05) is 6.08 Å². The molecule has 0 aromatic carbocycles. The zero-order valence-corrected chi connectivity index (χ0v) is 9.20. The Bertz CT molecular complexity index is 256. The van der Waals surface area contributed by atoms with Crippen molar-refractivity contribution in [1.82, 2.24) is 0 Å². The minimum absolute atomic E-state index is 0.0525. The van der Waals surface area contributed by atoms with E-state index in [1.165, 1.54) is 6.92 Å². The van der Waals surface area contributed by atoms with Crippen LogP contribution in [0.3, 0.4) is 0 Å². The van der Waals surface area contributed by atoms with Gasteiger partial charge < -0.3 is 4.74 Å². The molecule has 0 aromatic heterocycles. The van der Waals surface area contributed by atoms with Crippen LogP contribution in [0, 0.1) is 0 Å². The van der Waals surface area contributed by atoms with Crippen LogP contribution in [0.15, 0.2) is 12.2 Å². The third kappa shape index (κ3) is 4.77. The summed E-state index contributed by atoms with van der Waals surface area (Å²) in [5.74, 6) is -0.308. The second-order valence-corrected chi connectivity index (χ2v) is 3.86.